The highest BCUT2D eigenvalue weighted by molar-refractivity contribution is 5.91. The second kappa shape index (κ2) is 7.22. The van der Waals surface area contributed by atoms with Gasteiger partial charge < -0.3 is 9.47 Å². The molecule has 0 fully saturated rings. The number of alkyl halides is 2. The van der Waals surface area contributed by atoms with E-state index in [0.717, 1.165) is 11.1 Å². The van der Waals surface area contributed by atoms with Crippen LogP contribution < -0.4 is 9.47 Å². The Morgan fingerprint density at radius 1 is 1.04 bits per heavy atom. The third-order valence-corrected chi connectivity index (χ3v) is 3.31. The first-order chi connectivity index (χ1) is 10.9. The second-order valence-corrected chi connectivity index (χ2v) is 5.49. The molecule has 0 unspecified atom stereocenters. The van der Waals surface area contributed by atoms with Gasteiger partial charge in [-0.3, -0.25) is 0 Å². The first-order valence-electron chi connectivity index (χ1n) is 7.24. The Morgan fingerprint density at radius 2 is 1.70 bits per heavy atom. The summed E-state index contributed by atoms with van der Waals surface area (Å²) in [4.78, 5) is 12.2. The molecule has 0 saturated carbocycles. The first kappa shape index (κ1) is 16.9. The lowest BCUT2D eigenvalue weighted by molar-refractivity contribution is -0.0498. The van der Waals surface area contributed by atoms with Crippen LogP contribution in [-0.2, 0) is 0 Å². The summed E-state index contributed by atoms with van der Waals surface area (Å²) in [6, 6.07) is 11.1. The van der Waals surface area contributed by atoms with Crippen molar-refractivity contribution in [3.05, 3.63) is 59.2 Å². The van der Waals surface area contributed by atoms with E-state index in [9.17, 15) is 13.6 Å². The lowest BCUT2D eigenvalue weighted by Gasteiger charge is -2.13. The maximum Gasteiger partial charge on any atom is 0.387 e. The normalized spacial score (nSPS) is 10.9. The molecule has 122 valence electrons. The Bertz CT molecular complexity index is 679. The van der Waals surface area contributed by atoms with E-state index in [1.807, 2.05) is 39.0 Å². The standard InChI is InChI=1S/C18H18F2O3/c1-11(2)15-9-4-12(3)10-16(15)23-17(21)13-5-7-14(8-6-13)22-18(19)20/h4-11,18H,1-3H3. The monoisotopic (exact) mass is 320 g/mol. The number of carbonyl (C=O) groups excluding carboxylic acids is 1. The van der Waals surface area contributed by atoms with Crippen molar-refractivity contribution < 1.29 is 23.0 Å². The summed E-state index contributed by atoms with van der Waals surface area (Å²) in [5, 5.41) is 0. The molecular formula is C18H18F2O3. The average Bonchev–Trinajstić information content (AvgIpc) is 2.47. The van der Waals surface area contributed by atoms with Gasteiger partial charge in [0.05, 0.1) is 5.56 Å². The molecule has 0 atom stereocenters. The van der Waals surface area contributed by atoms with E-state index in [0.29, 0.717) is 5.75 Å². The van der Waals surface area contributed by atoms with Crippen molar-refractivity contribution in [2.24, 2.45) is 0 Å². The second-order valence-electron chi connectivity index (χ2n) is 5.49. The lowest BCUT2D eigenvalue weighted by Crippen LogP contribution is -2.10. The quantitative estimate of drug-likeness (QED) is 0.578. The number of carbonyl (C=O) groups is 1. The third-order valence-electron chi connectivity index (χ3n) is 3.31. The molecule has 0 aromatic heterocycles. The van der Waals surface area contributed by atoms with Gasteiger partial charge in [-0.2, -0.15) is 8.78 Å². The van der Waals surface area contributed by atoms with E-state index in [-0.39, 0.29) is 17.2 Å². The van der Waals surface area contributed by atoms with Gasteiger partial charge in [0, 0.05) is 0 Å². The van der Waals surface area contributed by atoms with Gasteiger partial charge in [0.1, 0.15) is 11.5 Å². The number of esters is 1. The molecule has 2 aromatic rings. The number of ether oxygens (including phenoxy) is 2. The van der Waals surface area contributed by atoms with Crippen molar-refractivity contribution in [3.8, 4) is 11.5 Å². The van der Waals surface area contributed by atoms with E-state index in [2.05, 4.69) is 4.74 Å². The van der Waals surface area contributed by atoms with Crippen LogP contribution in [0.25, 0.3) is 0 Å². The summed E-state index contributed by atoms with van der Waals surface area (Å²) in [5.41, 5.74) is 2.18. The lowest BCUT2D eigenvalue weighted by atomic mass is 10.0. The van der Waals surface area contributed by atoms with Crippen LogP contribution in [0, 0.1) is 6.92 Å². The topological polar surface area (TPSA) is 35.5 Å². The fraction of sp³-hybridized carbons (Fsp3) is 0.278. The summed E-state index contributed by atoms with van der Waals surface area (Å²) in [6.45, 7) is 3.04. The smallest absolute Gasteiger partial charge is 0.387 e. The maximum absolute atomic E-state index is 12.2. The molecular weight excluding hydrogens is 302 g/mol. The molecule has 0 bridgehead atoms. The third kappa shape index (κ3) is 4.52. The predicted octanol–water partition coefficient (Wildman–Crippen LogP) is 4.94. The zero-order valence-corrected chi connectivity index (χ0v) is 13.2. The van der Waals surface area contributed by atoms with Crippen molar-refractivity contribution in [2.75, 3.05) is 0 Å². The van der Waals surface area contributed by atoms with Crippen LogP contribution >= 0.6 is 0 Å². The van der Waals surface area contributed by atoms with Crippen molar-refractivity contribution >= 4 is 5.97 Å². The van der Waals surface area contributed by atoms with Gasteiger partial charge in [-0.1, -0.05) is 26.0 Å². The highest BCUT2D eigenvalue weighted by Gasteiger charge is 2.14. The molecule has 0 aliphatic carbocycles. The highest BCUT2D eigenvalue weighted by Crippen LogP contribution is 2.28. The van der Waals surface area contributed by atoms with Crippen LogP contribution in [0.15, 0.2) is 42.5 Å². The van der Waals surface area contributed by atoms with Crippen LogP contribution in [0.1, 0.15) is 41.3 Å². The van der Waals surface area contributed by atoms with Crippen molar-refractivity contribution in [1.82, 2.24) is 0 Å². The van der Waals surface area contributed by atoms with Crippen LogP contribution in [0.4, 0.5) is 8.78 Å². The fourth-order valence-corrected chi connectivity index (χ4v) is 2.14. The van der Waals surface area contributed by atoms with Crippen LogP contribution in [0.3, 0.4) is 0 Å². The van der Waals surface area contributed by atoms with E-state index in [4.69, 9.17) is 4.74 Å². The summed E-state index contributed by atoms with van der Waals surface area (Å²) >= 11 is 0. The molecule has 0 N–H and O–H groups in total. The molecule has 0 aliphatic heterocycles. The molecule has 0 aliphatic rings. The number of aryl methyl sites for hydroxylation is 1. The zero-order chi connectivity index (χ0) is 17.0. The molecule has 0 amide bonds. The minimum atomic E-state index is -2.89. The number of hydrogen-bond acceptors (Lipinski definition) is 3. The molecule has 0 heterocycles. The fourth-order valence-electron chi connectivity index (χ4n) is 2.14. The van der Waals surface area contributed by atoms with Crippen LogP contribution in [0.5, 0.6) is 11.5 Å². The predicted molar refractivity (Wildman–Crippen MR) is 83.3 cm³/mol. The van der Waals surface area contributed by atoms with Crippen molar-refractivity contribution in [1.29, 1.82) is 0 Å². The van der Waals surface area contributed by atoms with Gasteiger partial charge in [-0.25, -0.2) is 4.79 Å². The van der Waals surface area contributed by atoms with Crippen molar-refractivity contribution in [3.63, 3.8) is 0 Å². The molecule has 2 rings (SSSR count). The van der Waals surface area contributed by atoms with E-state index < -0.39 is 12.6 Å². The van der Waals surface area contributed by atoms with Gasteiger partial charge in [0.2, 0.25) is 0 Å². The summed E-state index contributed by atoms with van der Waals surface area (Å²) in [5.74, 6) is 0.175. The molecule has 2 aromatic carbocycles. The van der Waals surface area contributed by atoms with Gasteiger partial charge >= 0.3 is 12.6 Å². The van der Waals surface area contributed by atoms with Gasteiger partial charge in [-0.15, -0.1) is 0 Å². The summed E-state index contributed by atoms with van der Waals surface area (Å²) in [7, 11) is 0. The van der Waals surface area contributed by atoms with Crippen LogP contribution in [0.2, 0.25) is 0 Å². The first-order valence-corrected chi connectivity index (χ1v) is 7.24. The molecule has 5 heteroatoms. The Labute approximate surface area is 133 Å². The molecule has 0 radical (unpaired) electrons. The maximum atomic E-state index is 12.2. The minimum absolute atomic E-state index is 0.00465. The molecule has 3 nitrogen and oxygen atoms in total. The summed E-state index contributed by atoms with van der Waals surface area (Å²) < 4.78 is 33.9. The minimum Gasteiger partial charge on any atom is -0.435 e. The largest absolute Gasteiger partial charge is 0.435 e. The SMILES string of the molecule is Cc1ccc(C(C)C)c(OC(=O)c2ccc(OC(F)F)cc2)c1. The number of rotatable bonds is 5. The summed E-state index contributed by atoms with van der Waals surface area (Å²) in [6.07, 6.45) is 0. The van der Waals surface area contributed by atoms with Gasteiger partial charge in [0.15, 0.2) is 0 Å². The van der Waals surface area contributed by atoms with Gasteiger partial charge in [0.25, 0.3) is 0 Å². The Kier molecular flexibility index (Phi) is 5.32. The van der Waals surface area contributed by atoms with Crippen molar-refractivity contribution in [2.45, 2.75) is 33.3 Å². The number of hydrogen-bond donors (Lipinski definition) is 0. The zero-order valence-electron chi connectivity index (χ0n) is 13.2. The average molecular weight is 320 g/mol. The number of halogens is 2. The Morgan fingerprint density at radius 3 is 2.26 bits per heavy atom. The molecule has 0 saturated heterocycles. The molecule has 23 heavy (non-hydrogen) atoms. The molecule has 0 spiro atoms. The van der Waals surface area contributed by atoms with E-state index >= 15 is 0 Å². The van der Waals surface area contributed by atoms with E-state index in [1.54, 1.807) is 0 Å². The van der Waals surface area contributed by atoms with E-state index in [1.165, 1.54) is 24.3 Å². The Balaban J connectivity index is 2.17. The highest BCUT2D eigenvalue weighted by atomic mass is 19.3. The van der Waals surface area contributed by atoms with Crippen LogP contribution in [-0.4, -0.2) is 12.6 Å². The Hall–Kier alpha value is -2.43. The number of benzene rings is 2. The van der Waals surface area contributed by atoms with Gasteiger partial charge in [-0.05, 0) is 54.3 Å².